The molecule has 2 heterocycles. The summed E-state index contributed by atoms with van der Waals surface area (Å²) in [5.41, 5.74) is 0. The van der Waals surface area contributed by atoms with E-state index in [9.17, 15) is 4.79 Å². The van der Waals surface area contributed by atoms with Gasteiger partial charge in [0.15, 0.2) is 0 Å². The van der Waals surface area contributed by atoms with Crippen LogP contribution in [0.5, 0.6) is 0 Å². The molecule has 2 rings (SSSR count). The van der Waals surface area contributed by atoms with Crippen LogP contribution in [0.15, 0.2) is 0 Å². The molecule has 1 saturated heterocycles. The van der Waals surface area contributed by atoms with E-state index >= 15 is 0 Å². The first-order valence-corrected chi connectivity index (χ1v) is 6.83. The summed E-state index contributed by atoms with van der Waals surface area (Å²) in [7, 11) is 0. The lowest BCUT2D eigenvalue weighted by molar-refractivity contribution is -0.116. The zero-order valence-electron chi connectivity index (χ0n) is 9.94. The molecule has 0 aromatic carbocycles. The van der Waals surface area contributed by atoms with Gasteiger partial charge in [-0.1, -0.05) is 18.3 Å². The van der Waals surface area contributed by atoms with Crippen molar-refractivity contribution in [2.45, 2.75) is 45.1 Å². The SMILES string of the molecule is CCc1nnc(NC(=O)CC[C@@H]2CCCO2)s1. The number of ether oxygens (including phenoxy) is 1. The monoisotopic (exact) mass is 255 g/mol. The molecule has 1 aliphatic heterocycles. The van der Waals surface area contributed by atoms with E-state index in [0.717, 1.165) is 37.3 Å². The third kappa shape index (κ3) is 3.74. The number of carbonyl (C=O) groups is 1. The zero-order chi connectivity index (χ0) is 12.1. The maximum Gasteiger partial charge on any atom is 0.226 e. The second-order valence-corrected chi connectivity index (χ2v) is 5.14. The Kier molecular flexibility index (Phi) is 4.44. The van der Waals surface area contributed by atoms with Crippen LogP contribution in [0.25, 0.3) is 0 Å². The van der Waals surface area contributed by atoms with Crippen LogP contribution >= 0.6 is 11.3 Å². The molecule has 1 amide bonds. The molecule has 94 valence electrons. The molecule has 0 spiro atoms. The van der Waals surface area contributed by atoms with Crippen molar-refractivity contribution in [2.75, 3.05) is 11.9 Å². The van der Waals surface area contributed by atoms with E-state index in [0.29, 0.717) is 11.6 Å². The van der Waals surface area contributed by atoms with Crippen LogP contribution in [-0.2, 0) is 16.0 Å². The van der Waals surface area contributed by atoms with E-state index in [1.54, 1.807) is 0 Å². The largest absolute Gasteiger partial charge is 0.378 e. The number of anilines is 1. The first-order valence-electron chi connectivity index (χ1n) is 6.01. The Hall–Kier alpha value is -1.01. The quantitative estimate of drug-likeness (QED) is 0.874. The van der Waals surface area contributed by atoms with Crippen molar-refractivity contribution >= 4 is 22.4 Å². The van der Waals surface area contributed by atoms with Crippen LogP contribution in [-0.4, -0.2) is 28.8 Å². The van der Waals surface area contributed by atoms with Gasteiger partial charge in [-0.3, -0.25) is 4.79 Å². The molecular formula is C11H17N3O2S. The third-order valence-corrected chi connectivity index (χ3v) is 3.72. The van der Waals surface area contributed by atoms with Crippen LogP contribution in [0.2, 0.25) is 0 Å². The maximum absolute atomic E-state index is 11.6. The highest BCUT2D eigenvalue weighted by Gasteiger charge is 2.17. The highest BCUT2D eigenvalue weighted by molar-refractivity contribution is 7.15. The molecular weight excluding hydrogens is 238 g/mol. The summed E-state index contributed by atoms with van der Waals surface area (Å²) in [6.07, 6.45) is 4.59. The number of hydrogen-bond acceptors (Lipinski definition) is 5. The molecule has 1 fully saturated rings. The number of nitrogens with zero attached hydrogens (tertiary/aromatic N) is 2. The number of amides is 1. The van der Waals surface area contributed by atoms with Gasteiger partial charge < -0.3 is 10.1 Å². The average molecular weight is 255 g/mol. The molecule has 1 aromatic heterocycles. The van der Waals surface area contributed by atoms with Gasteiger partial charge in [-0.05, 0) is 25.7 Å². The summed E-state index contributed by atoms with van der Waals surface area (Å²) >= 11 is 1.43. The molecule has 1 N–H and O–H groups in total. The van der Waals surface area contributed by atoms with E-state index in [2.05, 4.69) is 15.5 Å². The van der Waals surface area contributed by atoms with Gasteiger partial charge in [-0.2, -0.15) is 0 Å². The molecule has 1 atom stereocenters. The van der Waals surface area contributed by atoms with Gasteiger partial charge in [0.1, 0.15) is 5.01 Å². The van der Waals surface area contributed by atoms with Crippen LogP contribution in [0.3, 0.4) is 0 Å². The van der Waals surface area contributed by atoms with Crippen molar-refractivity contribution < 1.29 is 9.53 Å². The van der Waals surface area contributed by atoms with Gasteiger partial charge in [-0.25, -0.2) is 0 Å². The fourth-order valence-electron chi connectivity index (χ4n) is 1.79. The standard InChI is InChI=1S/C11H17N3O2S/c1-2-10-13-14-11(17-10)12-9(15)6-5-8-4-3-7-16-8/h8H,2-7H2,1H3,(H,12,14,15)/t8-/m0/s1. The van der Waals surface area contributed by atoms with Crippen molar-refractivity contribution in [2.24, 2.45) is 0 Å². The second kappa shape index (κ2) is 6.07. The number of aryl methyl sites for hydroxylation is 1. The molecule has 6 heteroatoms. The molecule has 0 radical (unpaired) electrons. The minimum atomic E-state index is -0.000645. The fourth-order valence-corrected chi connectivity index (χ4v) is 2.49. The smallest absolute Gasteiger partial charge is 0.226 e. The van der Waals surface area contributed by atoms with Crippen LogP contribution in [0.4, 0.5) is 5.13 Å². The van der Waals surface area contributed by atoms with Crippen LogP contribution in [0.1, 0.15) is 37.6 Å². The maximum atomic E-state index is 11.6. The van der Waals surface area contributed by atoms with Gasteiger partial charge >= 0.3 is 0 Å². The predicted molar refractivity (Wildman–Crippen MR) is 66.1 cm³/mol. The average Bonchev–Trinajstić information content (AvgIpc) is 2.97. The van der Waals surface area contributed by atoms with E-state index in [1.165, 1.54) is 11.3 Å². The highest BCUT2D eigenvalue weighted by Crippen LogP contribution is 2.18. The topological polar surface area (TPSA) is 64.1 Å². The Labute approximate surface area is 105 Å². The van der Waals surface area contributed by atoms with Gasteiger partial charge in [0.05, 0.1) is 6.10 Å². The summed E-state index contributed by atoms with van der Waals surface area (Å²) in [4.78, 5) is 11.6. The molecule has 0 bridgehead atoms. The minimum absolute atomic E-state index is 0.000645. The number of hydrogen-bond donors (Lipinski definition) is 1. The molecule has 0 aliphatic carbocycles. The molecule has 5 nitrogen and oxygen atoms in total. The molecule has 0 saturated carbocycles. The Morgan fingerprint density at radius 1 is 1.59 bits per heavy atom. The summed E-state index contributed by atoms with van der Waals surface area (Å²) in [5.74, 6) is -0.000645. The summed E-state index contributed by atoms with van der Waals surface area (Å²) < 4.78 is 5.47. The van der Waals surface area contributed by atoms with Crippen molar-refractivity contribution in [3.8, 4) is 0 Å². The van der Waals surface area contributed by atoms with Crippen molar-refractivity contribution in [3.63, 3.8) is 0 Å². The van der Waals surface area contributed by atoms with Crippen LogP contribution in [0, 0.1) is 0 Å². The zero-order valence-corrected chi connectivity index (χ0v) is 10.8. The first-order chi connectivity index (χ1) is 8.28. The van der Waals surface area contributed by atoms with Crippen molar-refractivity contribution in [1.29, 1.82) is 0 Å². The number of rotatable bonds is 5. The van der Waals surface area contributed by atoms with E-state index in [1.807, 2.05) is 6.92 Å². The lowest BCUT2D eigenvalue weighted by Gasteiger charge is -2.07. The summed E-state index contributed by atoms with van der Waals surface area (Å²) in [6.45, 7) is 2.85. The van der Waals surface area contributed by atoms with Crippen molar-refractivity contribution in [1.82, 2.24) is 10.2 Å². The van der Waals surface area contributed by atoms with E-state index in [-0.39, 0.29) is 12.0 Å². The minimum Gasteiger partial charge on any atom is -0.378 e. The number of carbonyl (C=O) groups excluding carboxylic acids is 1. The molecule has 17 heavy (non-hydrogen) atoms. The number of aromatic nitrogens is 2. The van der Waals surface area contributed by atoms with E-state index < -0.39 is 0 Å². The van der Waals surface area contributed by atoms with Gasteiger partial charge in [0.25, 0.3) is 0 Å². The molecule has 1 aromatic rings. The Morgan fingerprint density at radius 2 is 2.47 bits per heavy atom. The molecule has 1 aliphatic rings. The normalized spacial score (nSPS) is 19.5. The second-order valence-electron chi connectivity index (χ2n) is 4.08. The third-order valence-electron chi connectivity index (χ3n) is 2.73. The number of nitrogens with one attached hydrogen (secondary N) is 1. The highest BCUT2D eigenvalue weighted by atomic mass is 32.1. The lowest BCUT2D eigenvalue weighted by Crippen LogP contribution is -2.15. The van der Waals surface area contributed by atoms with Gasteiger partial charge in [-0.15, -0.1) is 10.2 Å². The summed E-state index contributed by atoms with van der Waals surface area (Å²) in [5, 5.41) is 12.2. The predicted octanol–water partition coefficient (Wildman–Crippen LogP) is 2.00. The van der Waals surface area contributed by atoms with Crippen LogP contribution < -0.4 is 5.32 Å². The lowest BCUT2D eigenvalue weighted by atomic mass is 10.1. The van der Waals surface area contributed by atoms with Gasteiger partial charge in [0.2, 0.25) is 11.0 Å². The fraction of sp³-hybridized carbons (Fsp3) is 0.727. The Bertz CT molecular complexity index is 375. The Balaban J connectivity index is 1.72. The molecule has 0 unspecified atom stereocenters. The summed E-state index contributed by atoms with van der Waals surface area (Å²) in [6, 6.07) is 0. The van der Waals surface area contributed by atoms with E-state index in [4.69, 9.17) is 4.74 Å². The first kappa shape index (κ1) is 12.4. The van der Waals surface area contributed by atoms with Gasteiger partial charge in [0, 0.05) is 13.0 Å². The Morgan fingerprint density at radius 3 is 3.12 bits per heavy atom. The van der Waals surface area contributed by atoms with Crippen molar-refractivity contribution in [3.05, 3.63) is 5.01 Å².